The van der Waals surface area contributed by atoms with E-state index in [1.807, 2.05) is 12.1 Å². The van der Waals surface area contributed by atoms with Gasteiger partial charge >= 0.3 is 0 Å². The molecule has 0 fully saturated rings. The summed E-state index contributed by atoms with van der Waals surface area (Å²) < 4.78 is 0. The number of hydrogen-bond donors (Lipinski definition) is 2. The molecule has 0 radical (unpaired) electrons. The zero-order chi connectivity index (χ0) is 29.9. The van der Waals surface area contributed by atoms with E-state index in [0.29, 0.717) is 23.7 Å². The van der Waals surface area contributed by atoms with E-state index in [0.717, 1.165) is 47.2 Å². The smallest absolute Gasteiger partial charge is 0.153 e. The van der Waals surface area contributed by atoms with E-state index < -0.39 is 0 Å². The number of carbonyl (C=O) groups excluding carboxylic acids is 2. The molecule has 4 nitrogen and oxygen atoms in total. The number of hydrogen-bond acceptors (Lipinski definition) is 4. The van der Waals surface area contributed by atoms with Crippen molar-refractivity contribution in [1.29, 1.82) is 0 Å². The van der Waals surface area contributed by atoms with E-state index in [2.05, 4.69) is 38.1 Å². The molecular formula is C38H46O4. The van der Waals surface area contributed by atoms with Gasteiger partial charge in [0, 0.05) is 11.1 Å². The van der Waals surface area contributed by atoms with E-state index in [1.54, 1.807) is 12.1 Å². The number of fused-ring (bicyclic) bond motifs is 2. The highest BCUT2D eigenvalue weighted by Crippen LogP contribution is 2.47. The molecule has 4 aromatic carbocycles. The number of unbranched alkanes of at least 4 members (excludes halogenated alkanes) is 10. The van der Waals surface area contributed by atoms with Crippen LogP contribution in [0.25, 0.3) is 32.7 Å². The highest BCUT2D eigenvalue weighted by atomic mass is 16.3. The summed E-state index contributed by atoms with van der Waals surface area (Å²) in [5, 5.41) is 25.8. The van der Waals surface area contributed by atoms with Crippen molar-refractivity contribution in [3.63, 3.8) is 0 Å². The summed E-state index contributed by atoms with van der Waals surface area (Å²) in [6.07, 6.45) is 17.9. The summed E-state index contributed by atoms with van der Waals surface area (Å²) in [7, 11) is 0. The molecule has 0 heterocycles. The Morgan fingerprint density at radius 3 is 1.29 bits per heavy atom. The lowest BCUT2D eigenvalue weighted by atomic mass is 9.87. The molecule has 0 atom stereocenters. The molecule has 4 aromatic rings. The van der Waals surface area contributed by atoms with Crippen molar-refractivity contribution >= 4 is 34.1 Å². The number of rotatable bonds is 17. The zero-order valence-corrected chi connectivity index (χ0v) is 25.4. The second kappa shape index (κ2) is 15.5. The van der Waals surface area contributed by atoms with Crippen LogP contribution >= 0.6 is 0 Å². The van der Waals surface area contributed by atoms with Crippen LogP contribution in [0, 0.1) is 0 Å². The van der Waals surface area contributed by atoms with Crippen molar-refractivity contribution in [2.45, 2.75) is 104 Å². The van der Waals surface area contributed by atoms with Gasteiger partial charge in [0.05, 0.1) is 11.1 Å². The van der Waals surface area contributed by atoms with Gasteiger partial charge in [-0.2, -0.15) is 0 Å². The average molecular weight is 567 g/mol. The average Bonchev–Trinajstić information content (AvgIpc) is 3.00. The monoisotopic (exact) mass is 566 g/mol. The van der Waals surface area contributed by atoms with Crippen molar-refractivity contribution in [1.82, 2.24) is 0 Å². The van der Waals surface area contributed by atoms with Crippen LogP contribution in [-0.4, -0.2) is 22.8 Å². The van der Waals surface area contributed by atoms with Crippen LogP contribution in [0.3, 0.4) is 0 Å². The molecule has 0 amide bonds. The largest absolute Gasteiger partial charge is 0.507 e. The first-order valence-electron chi connectivity index (χ1n) is 16.0. The Balaban J connectivity index is 1.72. The van der Waals surface area contributed by atoms with E-state index in [-0.39, 0.29) is 22.6 Å². The Morgan fingerprint density at radius 1 is 0.524 bits per heavy atom. The van der Waals surface area contributed by atoms with Gasteiger partial charge in [0.2, 0.25) is 0 Å². The molecular weight excluding hydrogens is 520 g/mol. The van der Waals surface area contributed by atoms with Gasteiger partial charge in [-0.15, -0.1) is 0 Å². The van der Waals surface area contributed by atoms with Gasteiger partial charge in [-0.1, -0.05) is 114 Å². The van der Waals surface area contributed by atoms with Gasteiger partial charge in [0.15, 0.2) is 12.6 Å². The molecule has 0 spiro atoms. The van der Waals surface area contributed by atoms with Gasteiger partial charge in [0.1, 0.15) is 11.5 Å². The molecule has 4 rings (SSSR count). The highest BCUT2D eigenvalue weighted by molar-refractivity contribution is 6.13. The van der Waals surface area contributed by atoms with Crippen molar-refractivity contribution in [2.24, 2.45) is 0 Å². The third-order valence-corrected chi connectivity index (χ3v) is 8.56. The minimum Gasteiger partial charge on any atom is -0.507 e. The summed E-state index contributed by atoms with van der Waals surface area (Å²) >= 11 is 0. The standard InChI is InChI=1S/C38H46O4/c1-3-5-7-9-11-13-15-27-17-19-33-29(21-27)23-31(25-39)37(41)35(33)36-34-20-18-28(16-14-12-10-8-6-4-2)22-30(34)24-32(26-40)38(36)42/h17-26,41-42H,3-16H2,1-2H3. The summed E-state index contributed by atoms with van der Waals surface area (Å²) in [6.45, 7) is 4.45. The molecule has 0 aliphatic rings. The molecule has 2 N–H and O–H groups in total. The Morgan fingerprint density at radius 2 is 0.905 bits per heavy atom. The molecule has 222 valence electrons. The van der Waals surface area contributed by atoms with Gasteiger partial charge < -0.3 is 10.2 Å². The van der Waals surface area contributed by atoms with Crippen molar-refractivity contribution < 1.29 is 19.8 Å². The predicted octanol–water partition coefficient (Wildman–Crippen LogP) is 10.5. The van der Waals surface area contributed by atoms with Crippen LogP contribution in [0.4, 0.5) is 0 Å². The Hall–Kier alpha value is -3.66. The number of phenolic OH excluding ortho intramolecular Hbond substituents is 2. The second-order valence-electron chi connectivity index (χ2n) is 11.8. The van der Waals surface area contributed by atoms with Crippen LogP contribution < -0.4 is 0 Å². The summed E-state index contributed by atoms with van der Waals surface area (Å²) in [5.74, 6) is -0.367. The molecule has 0 saturated heterocycles. The first-order valence-corrected chi connectivity index (χ1v) is 16.0. The third-order valence-electron chi connectivity index (χ3n) is 8.56. The van der Waals surface area contributed by atoms with E-state index in [1.165, 1.54) is 75.3 Å². The SMILES string of the molecule is CCCCCCCCc1ccc2c(-c3c(O)c(C=O)cc4cc(CCCCCCCC)ccc34)c(O)c(C=O)cc2c1. The second-order valence-corrected chi connectivity index (χ2v) is 11.8. The fourth-order valence-electron chi connectivity index (χ4n) is 6.15. The molecule has 42 heavy (non-hydrogen) atoms. The Bertz CT molecular complexity index is 1400. The van der Waals surface area contributed by atoms with Crippen LogP contribution in [-0.2, 0) is 12.8 Å². The lowest BCUT2D eigenvalue weighted by molar-refractivity contribution is 0.111. The quantitative estimate of drug-likeness (QED) is 0.0984. The van der Waals surface area contributed by atoms with Crippen molar-refractivity contribution in [2.75, 3.05) is 0 Å². The summed E-state index contributed by atoms with van der Waals surface area (Å²) in [5.41, 5.74) is 3.46. The first kappa shape index (κ1) is 31.3. The molecule has 0 aromatic heterocycles. The first-order chi connectivity index (χ1) is 20.5. The normalized spacial score (nSPS) is 11.4. The van der Waals surface area contributed by atoms with Gasteiger partial charge in [0.25, 0.3) is 0 Å². The number of carbonyl (C=O) groups is 2. The Kier molecular flexibility index (Phi) is 11.6. The lowest BCUT2D eigenvalue weighted by Crippen LogP contribution is -1.95. The van der Waals surface area contributed by atoms with Gasteiger partial charge in [-0.05, 0) is 70.5 Å². The van der Waals surface area contributed by atoms with E-state index in [4.69, 9.17) is 0 Å². The van der Waals surface area contributed by atoms with E-state index >= 15 is 0 Å². The van der Waals surface area contributed by atoms with Gasteiger partial charge in [-0.3, -0.25) is 9.59 Å². The van der Waals surface area contributed by atoms with Crippen LogP contribution in [0.1, 0.15) is 123 Å². The third kappa shape index (κ3) is 7.40. The summed E-state index contributed by atoms with van der Waals surface area (Å²) in [6, 6.07) is 15.7. The molecule has 0 bridgehead atoms. The molecule has 4 heteroatoms. The van der Waals surface area contributed by atoms with Crippen LogP contribution in [0.5, 0.6) is 11.5 Å². The molecule has 0 saturated carbocycles. The van der Waals surface area contributed by atoms with E-state index in [9.17, 15) is 19.8 Å². The van der Waals surface area contributed by atoms with Crippen LogP contribution in [0.15, 0.2) is 48.5 Å². The molecule has 0 unspecified atom stereocenters. The van der Waals surface area contributed by atoms with Crippen molar-refractivity contribution in [3.05, 3.63) is 70.8 Å². The zero-order valence-electron chi connectivity index (χ0n) is 25.4. The molecule has 0 aliphatic carbocycles. The van der Waals surface area contributed by atoms with Crippen molar-refractivity contribution in [3.8, 4) is 22.6 Å². The minimum absolute atomic E-state index is 0.165. The highest BCUT2D eigenvalue weighted by Gasteiger charge is 2.22. The fraction of sp³-hybridized carbons (Fsp3) is 0.421. The lowest BCUT2D eigenvalue weighted by Gasteiger charge is -2.18. The number of benzene rings is 4. The number of phenols is 2. The topological polar surface area (TPSA) is 74.6 Å². The summed E-state index contributed by atoms with van der Waals surface area (Å²) in [4.78, 5) is 24.1. The van der Waals surface area contributed by atoms with Crippen LogP contribution in [0.2, 0.25) is 0 Å². The Labute approximate surface area is 250 Å². The maximum absolute atomic E-state index is 12.1. The van der Waals surface area contributed by atoms with Gasteiger partial charge in [-0.25, -0.2) is 0 Å². The molecule has 0 aliphatic heterocycles. The maximum atomic E-state index is 12.1. The predicted molar refractivity (Wildman–Crippen MR) is 175 cm³/mol. The number of aromatic hydroxyl groups is 2. The minimum atomic E-state index is -0.183. The fourth-order valence-corrected chi connectivity index (χ4v) is 6.15. The maximum Gasteiger partial charge on any atom is 0.153 e. The number of aldehydes is 2. The number of aryl methyl sites for hydroxylation is 2.